The standard InChI is InChI=1S/C13H23N3O2/c1-17-13(18-2)16-8-4-12(5-9-16)3-7-15-10-6-14-11-15/h6,10-13H,3-5,7-9H2,1-2H3. The first-order valence-corrected chi connectivity index (χ1v) is 6.59. The lowest BCUT2D eigenvalue weighted by Crippen LogP contribution is -2.43. The Morgan fingerprint density at radius 3 is 2.56 bits per heavy atom. The van der Waals surface area contributed by atoms with Gasteiger partial charge in [0.25, 0.3) is 0 Å². The number of rotatable bonds is 6. The van der Waals surface area contributed by atoms with Crippen LogP contribution >= 0.6 is 0 Å². The fourth-order valence-corrected chi connectivity index (χ4v) is 2.60. The molecule has 0 atom stereocenters. The Balaban J connectivity index is 1.70. The number of ether oxygens (including phenoxy) is 2. The minimum absolute atomic E-state index is 0.181. The molecule has 1 aliphatic heterocycles. The number of imidazole rings is 1. The van der Waals surface area contributed by atoms with E-state index in [1.807, 2.05) is 18.7 Å². The van der Waals surface area contributed by atoms with Crippen molar-refractivity contribution in [1.82, 2.24) is 14.5 Å². The lowest BCUT2D eigenvalue weighted by molar-refractivity contribution is -0.202. The van der Waals surface area contributed by atoms with E-state index in [0.717, 1.165) is 25.6 Å². The second kappa shape index (κ2) is 6.87. The number of likely N-dealkylation sites (tertiary alicyclic amines) is 1. The molecule has 2 heterocycles. The summed E-state index contributed by atoms with van der Waals surface area (Å²) in [7, 11) is 3.39. The van der Waals surface area contributed by atoms with Crippen LogP contribution in [-0.4, -0.2) is 48.2 Å². The van der Waals surface area contributed by atoms with Crippen LogP contribution in [0.15, 0.2) is 18.7 Å². The van der Waals surface area contributed by atoms with Crippen molar-refractivity contribution < 1.29 is 9.47 Å². The molecule has 2 rings (SSSR count). The van der Waals surface area contributed by atoms with Gasteiger partial charge in [0.1, 0.15) is 0 Å². The first kappa shape index (κ1) is 13.5. The molecule has 0 unspecified atom stereocenters. The van der Waals surface area contributed by atoms with Crippen LogP contribution in [0.2, 0.25) is 0 Å². The van der Waals surface area contributed by atoms with Crippen LogP contribution in [0.25, 0.3) is 0 Å². The van der Waals surface area contributed by atoms with Crippen LogP contribution < -0.4 is 0 Å². The topological polar surface area (TPSA) is 39.5 Å². The molecule has 1 aromatic heterocycles. The van der Waals surface area contributed by atoms with E-state index in [1.165, 1.54) is 19.3 Å². The molecule has 5 heteroatoms. The number of hydrogen-bond donors (Lipinski definition) is 0. The molecular weight excluding hydrogens is 230 g/mol. The number of aryl methyl sites for hydroxylation is 1. The largest absolute Gasteiger partial charge is 0.343 e. The second-order valence-electron chi connectivity index (χ2n) is 4.85. The highest BCUT2D eigenvalue weighted by Crippen LogP contribution is 2.22. The van der Waals surface area contributed by atoms with E-state index < -0.39 is 0 Å². The summed E-state index contributed by atoms with van der Waals surface area (Å²) < 4.78 is 12.7. The molecule has 1 aromatic rings. The van der Waals surface area contributed by atoms with E-state index in [-0.39, 0.29) is 6.41 Å². The molecule has 0 saturated carbocycles. The molecule has 1 saturated heterocycles. The molecule has 5 nitrogen and oxygen atoms in total. The van der Waals surface area contributed by atoms with Crippen molar-refractivity contribution in [3.8, 4) is 0 Å². The Morgan fingerprint density at radius 1 is 1.28 bits per heavy atom. The summed E-state index contributed by atoms with van der Waals surface area (Å²) in [5.41, 5.74) is 0. The summed E-state index contributed by atoms with van der Waals surface area (Å²) in [5.74, 6) is 0.804. The van der Waals surface area contributed by atoms with Gasteiger partial charge in [-0.2, -0.15) is 0 Å². The fraction of sp³-hybridized carbons (Fsp3) is 0.769. The third-order valence-electron chi connectivity index (χ3n) is 3.71. The molecule has 1 aliphatic rings. The predicted octanol–water partition coefficient (Wildman–Crippen LogP) is 1.56. The van der Waals surface area contributed by atoms with Gasteiger partial charge >= 0.3 is 0 Å². The van der Waals surface area contributed by atoms with Crippen molar-refractivity contribution in [3.63, 3.8) is 0 Å². The molecule has 18 heavy (non-hydrogen) atoms. The summed E-state index contributed by atoms with van der Waals surface area (Å²) in [6.45, 7) is 3.19. The van der Waals surface area contributed by atoms with Gasteiger partial charge in [-0.3, -0.25) is 4.90 Å². The zero-order valence-corrected chi connectivity index (χ0v) is 11.3. The number of hydrogen-bond acceptors (Lipinski definition) is 4. The van der Waals surface area contributed by atoms with Crippen molar-refractivity contribution in [2.75, 3.05) is 27.3 Å². The van der Waals surface area contributed by atoms with E-state index >= 15 is 0 Å². The third kappa shape index (κ3) is 3.54. The highest BCUT2D eigenvalue weighted by molar-refractivity contribution is 4.76. The Bertz CT molecular complexity index is 317. The fourth-order valence-electron chi connectivity index (χ4n) is 2.60. The minimum Gasteiger partial charge on any atom is -0.343 e. The number of aromatic nitrogens is 2. The Kier molecular flexibility index (Phi) is 5.16. The molecule has 0 spiro atoms. The van der Waals surface area contributed by atoms with Crippen LogP contribution in [0.4, 0.5) is 0 Å². The summed E-state index contributed by atoms with van der Waals surface area (Å²) in [4.78, 5) is 6.32. The number of piperidine rings is 1. The average molecular weight is 253 g/mol. The van der Waals surface area contributed by atoms with E-state index in [1.54, 1.807) is 14.2 Å². The molecule has 1 fully saturated rings. The lowest BCUT2D eigenvalue weighted by Gasteiger charge is -2.35. The SMILES string of the molecule is COC(OC)N1CCC(CCn2ccnc2)CC1. The lowest BCUT2D eigenvalue weighted by atomic mass is 9.94. The summed E-state index contributed by atoms with van der Waals surface area (Å²) in [6.07, 6.45) is 9.25. The van der Waals surface area contributed by atoms with E-state index in [4.69, 9.17) is 9.47 Å². The van der Waals surface area contributed by atoms with E-state index in [0.29, 0.717) is 0 Å². The zero-order valence-electron chi connectivity index (χ0n) is 11.3. The van der Waals surface area contributed by atoms with Crippen molar-refractivity contribution in [3.05, 3.63) is 18.7 Å². The Labute approximate surface area is 109 Å². The smallest absolute Gasteiger partial charge is 0.218 e. The van der Waals surface area contributed by atoms with Crippen molar-refractivity contribution in [1.29, 1.82) is 0 Å². The van der Waals surface area contributed by atoms with E-state index in [2.05, 4.69) is 14.5 Å². The Morgan fingerprint density at radius 2 is 2.00 bits per heavy atom. The Hall–Kier alpha value is -0.910. The zero-order chi connectivity index (χ0) is 12.8. The third-order valence-corrected chi connectivity index (χ3v) is 3.71. The number of methoxy groups -OCH3 is 2. The van der Waals surface area contributed by atoms with E-state index in [9.17, 15) is 0 Å². The minimum atomic E-state index is -0.181. The van der Waals surface area contributed by atoms with Gasteiger partial charge in [0.15, 0.2) is 0 Å². The van der Waals surface area contributed by atoms with Gasteiger partial charge in [0, 0.05) is 46.2 Å². The quantitative estimate of drug-likeness (QED) is 0.721. The summed E-state index contributed by atoms with van der Waals surface area (Å²) in [5, 5.41) is 0. The average Bonchev–Trinajstić information content (AvgIpc) is 2.92. The molecular formula is C13H23N3O2. The maximum absolute atomic E-state index is 5.28. The van der Waals surface area contributed by atoms with Crippen molar-refractivity contribution >= 4 is 0 Å². The van der Waals surface area contributed by atoms with Gasteiger partial charge in [-0.1, -0.05) is 0 Å². The van der Waals surface area contributed by atoms with Gasteiger partial charge in [0.05, 0.1) is 6.33 Å². The highest BCUT2D eigenvalue weighted by atomic mass is 16.7. The van der Waals surface area contributed by atoms with Gasteiger partial charge in [-0.25, -0.2) is 4.98 Å². The molecule has 0 aliphatic carbocycles. The summed E-state index contributed by atoms with van der Waals surface area (Å²) >= 11 is 0. The molecule has 0 N–H and O–H groups in total. The van der Waals surface area contributed by atoms with Crippen LogP contribution in [0.1, 0.15) is 19.3 Å². The second-order valence-corrected chi connectivity index (χ2v) is 4.85. The molecule has 0 aromatic carbocycles. The first-order chi connectivity index (χ1) is 8.83. The molecule has 0 radical (unpaired) electrons. The first-order valence-electron chi connectivity index (χ1n) is 6.59. The van der Waals surface area contributed by atoms with Crippen molar-refractivity contribution in [2.45, 2.75) is 32.2 Å². The molecule has 0 amide bonds. The monoisotopic (exact) mass is 253 g/mol. The summed E-state index contributed by atoms with van der Waals surface area (Å²) in [6, 6.07) is 0. The predicted molar refractivity (Wildman–Crippen MR) is 68.9 cm³/mol. The number of nitrogens with zero attached hydrogens (tertiary/aromatic N) is 3. The maximum atomic E-state index is 5.28. The van der Waals surface area contributed by atoms with Gasteiger partial charge in [-0.05, 0) is 25.2 Å². The van der Waals surface area contributed by atoms with Gasteiger partial charge < -0.3 is 14.0 Å². The maximum Gasteiger partial charge on any atom is 0.218 e. The van der Waals surface area contributed by atoms with Crippen LogP contribution in [0.3, 0.4) is 0 Å². The van der Waals surface area contributed by atoms with Gasteiger partial charge in [-0.15, -0.1) is 0 Å². The van der Waals surface area contributed by atoms with Gasteiger partial charge in [0.2, 0.25) is 6.41 Å². The van der Waals surface area contributed by atoms with Crippen LogP contribution in [0.5, 0.6) is 0 Å². The molecule has 0 bridgehead atoms. The molecule has 102 valence electrons. The normalized spacial score (nSPS) is 18.6. The van der Waals surface area contributed by atoms with Crippen LogP contribution in [-0.2, 0) is 16.0 Å². The van der Waals surface area contributed by atoms with Crippen molar-refractivity contribution in [2.24, 2.45) is 5.92 Å². The highest BCUT2D eigenvalue weighted by Gasteiger charge is 2.24. The van der Waals surface area contributed by atoms with Crippen LogP contribution in [0, 0.1) is 5.92 Å².